The molecular weight excluding hydrogens is 360 g/mol. The monoisotopic (exact) mass is 390 g/mol. The summed E-state index contributed by atoms with van der Waals surface area (Å²) in [6.07, 6.45) is 5.17. The largest absolute Gasteiger partial charge is 0.353 e. The molecule has 0 radical (unpaired) electrons. The van der Waals surface area contributed by atoms with Crippen LogP contribution in [0.15, 0.2) is 24.3 Å². The van der Waals surface area contributed by atoms with Crippen LogP contribution in [0.4, 0.5) is 0 Å². The van der Waals surface area contributed by atoms with Crippen LogP contribution < -0.4 is 5.32 Å². The smallest absolute Gasteiger partial charge is 0.234 e. The molecule has 0 aromatic heterocycles. The molecule has 1 aliphatic carbocycles. The number of amides is 1. The minimum absolute atomic E-state index is 0.131. The molecule has 2 heterocycles. The van der Waals surface area contributed by atoms with Crippen LogP contribution >= 0.6 is 11.6 Å². The summed E-state index contributed by atoms with van der Waals surface area (Å²) >= 11 is 6.46. The molecule has 1 aromatic rings. The van der Waals surface area contributed by atoms with Gasteiger partial charge in [-0.2, -0.15) is 0 Å². The predicted octanol–water partition coefficient (Wildman–Crippen LogP) is 2.37. The quantitative estimate of drug-likeness (QED) is 0.775. The zero-order chi connectivity index (χ0) is 18.6. The molecule has 27 heavy (non-hydrogen) atoms. The Hall–Kier alpha value is -1.14. The van der Waals surface area contributed by atoms with Crippen LogP contribution in [0.25, 0.3) is 0 Å². The fourth-order valence-electron chi connectivity index (χ4n) is 4.43. The van der Waals surface area contributed by atoms with E-state index in [9.17, 15) is 4.79 Å². The lowest BCUT2D eigenvalue weighted by molar-refractivity contribution is -0.122. The Labute approximate surface area is 167 Å². The second-order valence-corrected chi connectivity index (χ2v) is 8.53. The number of nitrogens with one attached hydrogen (secondary N) is 1. The van der Waals surface area contributed by atoms with Gasteiger partial charge in [-0.1, -0.05) is 29.8 Å². The molecule has 1 saturated carbocycles. The molecule has 1 amide bonds. The predicted molar refractivity (Wildman–Crippen MR) is 109 cm³/mol. The SMILES string of the molecule is O=C(CN1CCN(C2CC2)CC1)NCC(c1ccccc1Cl)N1CCCC1. The average Bonchev–Trinajstić information content (AvgIpc) is 3.39. The second kappa shape index (κ2) is 8.91. The van der Waals surface area contributed by atoms with Gasteiger partial charge in [0, 0.05) is 43.8 Å². The fraction of sp³-hybridized carbons (Fsp3) is 0.667. The van der Waals surface area contributed by atoms with Gasteiger partial charge in [0.1, 0.15) is 0 Å². The maximum absolute atomic E-state index is 12.6. The van der Waals surface area contributed by atoms with Crippen LogP contribution in [-0.2, 0) is 4.79 Å². The minimum atomic E-state index is 0.131. The molecule has 2 saturated heterocycles. The first-order valence-corrected chi connectivity index (χ1v) is 10.8. The van der Waals surface area contributed by atoms with Crippen molar-refractivity contribution < 1.29 is 4.79 Å². The van der Waals surface area contributed by atoms with Crippen LogP contribution in [-0.4, -0.2) is 79.0 Å². The fourth-order valence-corrected chi connectivity index (χ4v) is 4.69. The number of hydrogen-bond donors (Lipinski definition) is 1. The van der Waals surface area contributed by atoms with Gasteiger partial charge in [0.2, 0.25) is 5.91 Å². The van der Waals surface area contributed by atoms with Gasteiger partial charge in [-0.3, -0.25) is 19.5 Å². The molecule has 148 valence electrons. The molecule has 1 N–H and O–H groups in total. The standard InChI is InChI=1S/C21H31ClN4O/c22-19-6-2-1-5-18(19)20(26-9-3-4-10-26)15-23-21(27)16-24-11-13-25(14-12-24)17-7-8-17/h1-2,5-6,17,20H,3-4,7-16H2,(H,23,27). The Balaban J connectivity index is 1.29. The molecule has 3 fully saturated rings. The van der Waals surface area contributed by atoms with Crippen molar-refractivity contribution in [2.24, 2.45) is 0 Å². The topological polar surface area (TPSA) is 38.8 Å². The number of halogens is 1. The van der Waals surface area contributed by atoms with E-state index in [1.807, 2.05) is 18.2 Å². The highest BCUT2D eigenvalue weighted by Crippen LogP contribution is 2.30. The summed E-state index contributed by atoms with van der Waals surface area (Å²) in [7, 11) is 0. The molecule has 0 bridgehead atoms. The molecule has 3 aliphatic rings. The molecule has 2 aliphatic heterocycles. The highest BCUT2D eigenvalue weighted by Gasteiger charge is 2.31. The lowest BCUT2D eigenvalue weighted by Gasteiger charge is -2.34. The minimum Gasteiger partial charge on any atom is -0.353 e. The molecular formula is C21H31ClN4O. The summed E-state index contributed by atoms with van der Waals surface area (Å²) in [6.45, 7) is 7.51. The third-order valence-electron chi connectivity index (χ3n) is 6.18. The van der Waals surface area contributed by atoms with E-state index in [2.05, 4.69) is 26.1 Å². The Morgan fingerprint density at radius 3 is 2.44 bits per heavy atom. The Morgan fingerprint density at radius 1 is 1.07 bits per heavy atom. The number of likely N-dealkylation sites (tertiary alicyclic amines) is 1. The average molecular weight is 391 g/mol. The first-order chi connectivity index (χ1) is 13.2. The van der Waals surface area contributed by atoms with Gasteiger partial charge in [-0.05, 0) is 50.4 Å². The number of carbonyl (C=O) groups is 1. The normalized spacial score (nSPS) is 23.4. The number of carbonyl (C=O) groups excluding carboxylic acids is 1. The van der Waals surface area contributed by atoms with Crippen LogP contribution in [0.3, 0.4) is 0 Å². The van der Waals surface area contributed by atoms with Crippen LogP contribution in [0.1, 0.15) is 37.3 Å². The zero-order valence-corrected chi connectivity index (χ0v) is 16.8. The lowest BCUT2D eigenvalue weighted by atomic mass is 10.1. The third kappa shape index (κ3) is 5.02. The summed E-state index contributed by atoms with van der Waals surface area (Å²) in [5, 5.41) is 3.98. The molecule has 1 atom stereocenters. The van der Waals surface area contributed by atoms with Gasteiger partial charge < -0.3 is 5.32 Å². The van der Waals surface area contributed by atoms with Crippen molar-refractivity contribution in [2.75, 3.05) is 52.4 Å². The van der Waals surface area contributed by atoms with E-state index in [0.29, 0.717) is 13.1 Å². The van der Waals surface area contributed by atoms with Crippen LogP contribution in [0.5, 0.6) is 0 Å². The molecule has 4 rings (SSSR count). The molecule has 5 nitrogen and oxygen atoms in total. The van der Waals surface area contributed by atoms with Crippen molar-refractivity contribution in [3.63, 3.8) is 0 Å². The summed E-state index contributed by atoms with van der Waals surface area (Å²) in [5.74, 6) is 0.131. The number of benzene rings is 1. The first kappa shape index (κ1) is 19.2. The van der Waals surface area contributed by atoms with Gasteiger partial charge in [-0.15, -0.1) is 0 Å². The third-order valence-corrected chi connectivity index (χ3v) is 6.52. The van der Waals surface area contributed by atoms with Crippen LogP contribution in [0, 0.1) is 0 Å². The van der Waals surface area contributed by atoms with E-state index in [0.717, 1.165) is 55.9 Å². The Kier molecular flexibility index (Phi) is 6.33. The van der Waals surface area contributed by atoms with E-state index < -0.39 is 0 Å². The van der Waals surface area contributed by atoms with Crippen molar-refractivity contribution in [3.8, 4) is 0 Å². The van der Waals surface area contributed by atoms with Gasteiger partial charge in [-0.25, -0.2) is 0 Å². The van der Waals surface area contributed by atoms with Crippen molar-refractivity contribution in [1.29, 1.82) is 0 Å². The van der Waals surface area contributed by atoms with Gasteiger partial charge in [0.15, 0.2) is 0 Å². The Morgan fingerprint density at radius 2 is 1.78 bits per heavy atom. The van der Waals surface area contributed by atoms with Gasteiger partial charge >= 0.3 is 0 Å². The maximum Gasteiger partial charge on any atom is 0.234 e. The zero-order valence-electron chi connectivity index (χ0n) is 16.1. The van der Waals surface area contributed by atoms with Gasteiger partial charge in [0.25, 0.3) is 0 Å². The molecule has 0 spiro atoms. The number of rotatable bonds is 7. The van der Waals surface area contributed by atoms with Crippen molar-refractivity contribution >= 4 is 17.5 Å². The van der Waals surface area contributed by atoms with E-state index in [1.54, 1.807) is 0 Å². The van der Waals surface area contributed by atoms with E-state index >= 15 is 0 Å². The summed E-state index contributed by atoms with van der Waals surface area (Å²) in [4.78, 5) is 19.9. The van der Waals surface area contributed by atoms with Crippen molar-refractivity contribution in [2.45, 2.75) is 37.8 Å². The number of piperazine rings is 1. The summed E-state index contributed by atoms with van der Waals surface area (Å²) < 4.78 is 0. The van der Waals surface area contributed by atoms with Crippen LogP contribution in [0.2, 0.25) is 5.02 Å². The number of nitrogens with zero attached hydrogens (tertiary/aromatic N) is 3. The lowest BCUT2D eigenvalue weighted by Crippen LogP contribution is -2.50. The number of hydrogen-bond acceptors (Lipinski definition) is 4. The molecule has 1 unspecified atom stereocenters. The second-order valence-electron chi connectivity index (χ2n) is 8.13. The Bertz CT molecular complexity index is 637. The van der Waals surface area contributed by atoms with E-state index in [4.69, 9.17) is 11.6 Å². The highest BCUT2D eigenvalue weighted by molar-refractivity contribution is 6.31. The highest BCUT2D eigenvalue weighted by atomic mass is 35.5. The van der Waals surface area contributed by atoms with Crippen molar-refractivity contribution in [1.82, 2.24) is 20.0 Å². The van der Waals surface area contributed by atoms with E-state index in [1.165, 1.54) is 25.7 Å². The molecule has 1 aromatic carbocycles. The van der Waals surface area contributed by atoms with E-state index in [-0.39, 0.29) is 11.9 Å². The summed E-state index contributed by atoms with van der Waals surface area (Å²) in [6, 6.07) is 9.03. The first-order valence-electron chi connectivity index (χ1n) is 10.4. The maximum atomic E-state index is 12.6. The summed E-state index contributed by atoms with van der Waals surface area (Å²) in [5.41, 5.74) is 1.12. The van der Waals surface area contributed by atoms with Gasteiger partial charge in [0.05, 0.1) is 12.6 Å². The van der Waals surface area contributed by atoms with Crippen molar-refractivity contribution in [3.05, 3.63) is 34.9 Å². The molecule has 6 heteroatoms.